The van der Waals surface area contributed by atoms with Crippen molar-refractivity contribution in [2.45, 2.75) is 26.8 Å². The van der Waals surface area contributed by atoms with Gasteiger partial charge in [0, 0.05) is 29.6 Å². The van der Waals surface area contributed by atoms with Gasteiger partial charge >= 0.3 is 0 Å². The summed E-state index contributed by atoms with van der Waals surface area (Å²) >= 11 is 0. The third-order valence-electron chi connectivity index (χ3n) is 4.73. The lowest BCUT2D eigenvalue weighted by Gasteiger charge is -2.04. The first-order chi connectivity index (χ1) is 14.0. The average molecular weight is 389 g/mol. The minimum Gasteiger partial charge on any atom is -0.304 e. The van der Waals surface area contributed by atoms with Crippen molar-refractivity contribution in [1.82, 2.24) is 14.8 Å². The summed E-state index contributed by atoms with van der Waals surface area (Å²) in [6, 6.07) is 13.5. The number of nitro benzene ring substituents is 1. The van der Waals surface area contributed by atoms with Gasteiger partial charge in [-0.3, -0.25) is 14.9 Å². The van der Waals surface area contributed by atoms with Gasteiger partial charge in [-0.05, 0) is 31.0 Å². The molecule has 2 aromatic heterocycles. The van der Waals surface area contributed by atoms with E-state index in [-0.39, 0.29) is 11.3 Å². The van der Waals surface area contributed by atoms with E-state index in [1.54, 1.807) is 4.68 Å². The highest BCUT2D eigenvalue weighted by Crippen LogP contribution is 2.28. The van der Waals surface area contributed by atoms with E-state index in [1.165, 1.54) is 24.3 Å². The number of nitrogens with zero attached hydrogens (tertiary/aromatic N) is 4. The molecule has 0 aliphatic carbocycles. The molecule has 2 aromatic carbocycles. The number of carbonyl (C=O) groups excluding carboxylic acids is 1. The van der Waals surface area contributed by atoms with Crippen LogP contribution in [-0.4, -0.2) is 25.6 Å². The molecular formula is C21H19N5O3. The van der Waals surface area contributed by atoms with Crippen LogP contribution in [0.5, 0.6) is 0 Å². The van der Waals surface area contributed by atoms with E-state index in [2.05, 4.69) is 10.4 Å². The van der Waals surface area contributed by atoms with Gasteiger partial charge in [0.25, 0.3) is 11.6 Å². The van der Waals surface area contributed by atoms with Crippen molar-refractivity contribution in [3.63, 3.8) is 0 Å². The fourth-order valence-corrected chi connectivity index (χ4v) is 3.33. The Hall–Kier alpha value is -3.81. The number of para-hydroxylation sites is 1. The first-order valence-corrected chi connectivity index (χ1v) is 9.30. The van der Waals surface area contributed by atoms with E-state index in [0.29, 0.717) is 18.0 Å². The number of pyridine rings is 1. The number of hydrogen-bond donors (Lipinski definition) is 1. The molecule has 0 bridgehead atoms. The largest absolute Gasteiger partial charge is 0.304 e. The highest BCUT2D eigenvalue weighted by atomic mass is 16.6. The molecule has 0 atom stereocenters. The Labute approximate surface area is 166 Å². The molecule has 1 N–H and O–H groups in total. The monoisotopic (exact) mass is 389 g/mol. The second-order valence-corrected chi connectivity index (χ2v) is 6.84. The van der Waals surface area contributed by atoms with E-state index in [9.17, 15) is 14.9 Å². The second-order valence-electron chi connectivity index (χ2n) is 6.84. The van der Waals surface area contributed by atoms with Crippen LogP contribution in [0.15, 0.2) is 48.5 Å². The molecule has 0 aliphatic rings. The lowest BCUT2D eigenvalue weighted by atomic mass is 10.1. The molecule has 0 saturated carbocycles. The number of fused-ring (bicyclic) bond motifs is 2. The van der Waals surface area contributed by atoms with Gasteiger partial charge in [-0.2, -0.15) is 5.10 Å². The van der Waals surface area contributed by atoms with Crippen LogP contribution in [0.25, 0.3) is 21.9 Å². The zero-order valence-corrected chi connectivity index (χ0v) is 16.0. The van der Waals surface area contributed by atoms with Crippen molar-refractivity contribution in [3.8, 4) is 0 Å². The minimum absolute atomic E-state index is 0.137. The highest BCUT2D eigenvalue weighted by Gasteiger charge is 2.18. The van der Waals surface area contributed by atoms with Gasteiger partial charge < -0.3 is 5.32 Å². The van der Waals surface area contributed by atoms with Crippen LogP contribution in [0.4, 0.5) is 11.5 Å². The summed E-state index contributed by atoms with van der Waals surface area (Å²) in [4.78, 5) is 28.0. The van der Waals surface area contributed by atoms with E-state index >= 15 is 0 Å². The average Bonchev–Trinajstić information content (AvgIpc) is 3.04. The molecule has 4 aromatic rings. The lowest BCUT2D eigenvalue weighted by molar-refractivity contribution is -0.384. The van der Waals surface area contributed by atoms with Crippen molar-refractivity contribution < 1.29 is 9.72 Å². The summed E-state index contributed by atoms with van der Waals surface area (Å²) in [6.07, 6.45) is 0.864. The molecule has 4 rings (SSSR count). The van der Waals surface area contributed by atoms with Crippen LogP contribution in [0.1, 0.15) is 29.3 Å². The number of nitrogens with one attached hydrogen (secondary N) is 1. The zero-order chi connectivity index (χ0) is 20.5. The van der Waals surface area contributed by atoms with Crippen molar-refractivity contribution in [3.05, 3.63) is 69.8 Å². The van der Waals surface area contributed by atoms with Crippen LogP contribution >= 0.6 is 0 Å². The number of aryl methyl sites for hydroxylation is 2. The number of amides is 1. The smallest absolute Gasteiger partial charge is 0.270 e. The Morgan fingerprint density at radius 3 is 2.76 bits per heavy atom. The number of benzene rings is 2. The molecule has 146 valence electrons. The molecule has 8 nitrogen and oxygen atoms in total. The first-order valence-electron chi connectivity index (χ1n) is 9.30. The van der Waals surface area contributed by atoms with E-state index in [1.807, 2.05) is 38.1 Å². The highest BCUT2D eigenvalue weighted by molar-refractivity contribution is 6.09. The predicted molar refractivity (Wildman–Crippen MR) is 111 cm³/mol. The molecular weight excluding hydrogens is 370 g/mol. The quantitative estimate of drug-likeness (QED) is 0.401. The van der Waals surface area contributed by atoms with E-state index in [4.69, 9.17) is 4.98 Å². The normalized spacial score (nSPS) is 11.1. The molecule has 29 heavy (non-hydrogen) atoms. The maximum absolute atomic E-state index is 12.7. The maximum atomic E-state index is 12.7. The number of aromatic nitrogens is 3. The third kappa shape index (κ3) is 3.40. The molecule has 0 spiro atoms. The summed E-state index contributed by atoms with van der Waals surface area (Å²) in [5.74, 6) is -0.0676. The summed E-state index contributed by atoms with van der Waals surface area (Å²) in [6.45, 7) is 4.71. The molecule has 2 heterocycles. The van der Waals surface area contributed by atoms with E-state index < -0.39 is 10.8 Å². The fourth-order valence-electron chi connectivity index (χ4n) is 3.33. The molecule has 0 radical (unpaired) electrons. The Kier molecular flexibility index (Phi) is 4.67. The predicted octanol–water partition coefficient (Wildman–Crippen LogP) is 4.46. The van der Waals surface area contributed by atoms with Gasteiger partial charge in [0.05, 0.1) is 15.8 Å². The Morgan fingerprint density at radius 2 is 2.00 bits per heavy atom. The van der Waals surface area contributed by atoms with Crippen LogP contribution in [-0.2, 0) is 6.54 Å². The van der Waals surface area contributed by atoms with Crippen molar-refractivity contribution >= 4 is 39.3 Å². The molecule has 0 saturated heterocycles. The van der Waals surface area contributed by atoms with E-state index in [0.717, 1.165) is 28.3 Å². The van der Waals surface area contributed by atoms with Crippen LogP contribution in [0.2, 0.25) is 0 Å². The molecule has 0 unspecified atom stereocenters. The van der Waals surface area contributed by atoms with Gasteiger partial charge in [-0.1, -0.05) is 31.2 Å². The van der Waals surface area contributed by atoms with Crippen molar-refractivity contribution in [1.29, 1.82) is 0 Å². The number of non-ortho nitro benzene ring substituents is 1. The number of anilines is 1. The topological polar surface area (TPSA) is 103 Å². The molecule has 0 fully saturated rings. The Balaban J connectivity index is 1.80. The van der Waals surface area contributed by atoms with Crippen LogP contribution < -0.4 is 5.32 Å². The molecule has 0 aliphatic heterocycles. The van der Waals surface area contributed by atoms with Gasteiger partial charge in [-0.25, -0.2) is 9.67 Å². The minimum atomic E-state index is -0.527. The van der Waals surface area contributed by atoms with Crippen molar-refractivity contribution in [2.75, 3.05) is 5.32 Å². The van der Waals surface area contributed by atoms with Crippen LogP contribution in [0, 0.1) is 17.0 Å². The molecule has 8 heteroatoms. The number of rotatable bonds is 5. The number of nitro groups is 1. The Morgan fingerprint density at radius 1 is 1.21 bits per heavy atom. The standard InChI is InChI=1S/C21H19N5O3/c1-3-10-25-20-17(12-14-7-4-6-13(2)18(14)22-20)19(24-25)23-21(27)15-8-5-9-16(11-15)26(28)29/h4-9,11-12H,3,10H2,1-2H3,(H,23,24,27). The summed E-state index contributed by atoms with van der Waals surface area (Å²) in [5.41, 5.74) is 2.72. The van der Waals surface area contributed by atoms with Gasteiger partial charge in [0.1, 0.15) is 0 Å². The SMILES string of the molecule is CCCn1nc(NC(=O)c2cccc([N+](=O)[O-])c2)c2cc3cccc(C)c3nc21. The first kappa shape index (κ1) is 18.5. The van der Waals surface area contributed by atoms with Crippen LogP contribution in [0.3, 0.4) is 0 Å². The van der Waals surface area contributed by atoms with Gasteiger partial charge in [0.2, 0.25) is 0 Å². The molecule has 1 amide bonds. The summed E-state index contributed by atoms with van der Waals surface area (Å²) < 4.78 is 1.78. The Bertz CT molecular complexity index is 1260. The van der Waals surface area contributed by atoms with Crippen molar-refractivity contribution in [2.24, 2.45) is 0 Å². The third-order valence-corrected chi connectivity index (χ3v) is 4.73. The zero-order valence-electron chi connectivity index (χ0n) is 16.0. The summed E-state index contributed by atoms with van der Waals surface area (Å²) in [7, 11) is 0. The number of hydrogen-bond acceptors (Lipinski definition) is 5. The van der Waals surface area contributed by atoms with Gasteiger partial charge in [-0.15, -0.1) is 0 Å². The summed E-state index contributed by atoms with van der Waals surface area (Å²) in [5, 5.41) is 20.0. The maximum Gasteiger partial charge on any atom is 0.270 e. The van der Waals surface area contributed by atoms with Gasteiger partial charge in [0.15, 0.2) is 11.5 Å². The second kappa shape index (κ2) is 7.31. The lowest BCUT2D eigenvalue weighted by Crippen LogP contribution is -2.13. The number of carbonyl (C=O) groups is 1. The fraction of sp³-hybridized carbons (Fsp3) is 0.190.